The fourth-order valence-corrected chi connectivity index (χ4v) is 2.50. The molecular weight excluding hydrogens is 300 g/mol. The van der Waals surface area contributed by atoms with Crippen LogP contribution >= 0.6 is 0 Å². The maximum atomic E-state index is 12.1. The first kappa shape index (κ1) is 18.2. The molecule has 0 aliphatic rings. The van der Waals surface area contributed by atoms with Crippen molar-refractivity contribution >= 4 is 5.91 Å². The van der Waals surface area contributed by atoms with Gasteiger partial charge in [-0.15, -0.1) is 0 Å². The third kappa shape index (κ3) is 5.80. The van der Waals surface area contributed by atoms with E-state index in [2.05, 4.69) is 5.32 Å². The summed E-state index contributed by atoms with van der Waals surface area (Å²) in [5.41, 5.74) is 3.12. The molecule has 4 heteroatoms. The number of benzene rings is 2. The average molecular weight is 326 g/mol. The summed E-state index contributed by atoms with van der Waals surface area (Å²) in [4.78, 5) is 14.1. The SMILES string of the molecule is CCN(CC(=O)NCc1ccccc1)CC(O)c1ccc(C)cc1. The fourth-order valence-electron chi connectivity index (χ4n) is 2.50. The van der Waals surface area contributed by atoms with Gasteiger partial charge in [0, 0.05) is 13.1 Å². The first-order chi connectivity index (χ1) is 11.6. The molecule has 2 rings (SSSR count). The number of carbonyl (C=O) groups is 1. The van der Waals surface area contributed by atoms with Gasteiger partial charge in [-0.25, -0.2) is 0 Å². The van der Waals surface area contributed by atoms with Crippen molar-refractivity contribution in [2.75, 3.05) is 19.6 Å². The summed E-state index contributed by atoms with van der Waals surface area (Å²) < 4.78 is 0. The van der Waals surface area contributed by atoms with Gasteiger partial charge < -0.3 is 10.4 Å². The van der Waals surface area contributed by atoms with E-state index in [1.54, 1.807) is 0 Å². The van der Waals surface area contributed by atoms with E-state index in [9.17, 15) is 9.90 Å². The maximum absolute atomic E-state index is 12.1. The van der Waals surface area contributed by atoms with Crippen LogP contribution in [-0.2, 0) is 11.3 Å². The van der Waals surface area contributed by atoms with Gasteiger partial charge in [0.15, 0.2) is 0 Å². The summed E-state index contributed by atoms with van der Waals surface area (Å²) in [5.74, 6) is -0.0307. The van der Waals surface area contributed by atoms with Gasteiger partial charge in [0.2, 0.25) is 5.91 Å². The Bertz CT molecular complexity index is 626. The highest BCUT2D eigenvalue weighted by atomic mass is 16.3. The van der Waals surface area contributed by atoms with Crippen LogP contribution in [-0.4, -0.2) is 35.5 Å². The molecule has 128 valence electrons. The lowest BCUT2D eigenvalue weighted by Crippen LogP contribution is -2.38. The Morgan fingerprint density at radius 2 is 1.79 bits per heavy atom. The highest BCUT2D eigenvalue weighted by Crippen LogP contribution is 2.15. The smallest absolute Gasteiger partial charge is 0.234 e. The van der Waals surface area contributed by atoms with E-state index in [4.69, 9.17) is 0 Å². The van der Waals surface area contributed by atoms with Crippen molar-refractivity contribution in [3.63, 3.8) is 0 Å². The Labute approximate surface area is 144 Å². The number of aliphatic hydroxyl groups is 1. The molecule has 24 heavy (non-hydrogen) atoms. The molecule has 0 spiro atoms. The summed E-state index contributed by atoms with van der Waals surface area (Å²) in [6.45, 7) is 5.97. The standard InChI is InChI=1S/C20H26N2O2/c1-3-22(14-19(23)18-11-9-16(2)10-12-18)15-20(24)21-13-17-7-5-4-6-8-17/h4-12,19,23H,3,13-15H2,1-2H3,(H,21,24). The zero-order valence-electron chi connectivity index (χ0n) is 14.4. The second-order valence-electron chi connectivity index (χ2n) is 6.02. The molecule has 1 amide bonds. The van der Waals surface area contributed by atoms with Crippen molar-refractivity contribution in [1.82, 2.24) is 10.2 Å². The minimum atomic E-state index is -0.590. The van der Waals surface area contributed by atoms with Gasteiger partial charge in [0.1, 0.15) is 0 Å². The van der Waals surface area contributed by atoms with Crippen LogP contribution in [0.3, 0.4) is 0 Å². The van der Waals surface area contributed by atoms with E-state index >= 15 is 0 Å². The van der Waals surface area contributed by atoms with Crippen molar-refractivity contribution in [3.8, 4) is 0 Å². The number of likely N-dealkylation sites (N-methyl/N-ethyl adjacent to an activating group) is 1. The van der Waals surface area contributed by atoms with Crippen molar-refractivity contribution in [1.29, 1.82) is 0 Å². The predicted octanol–water partition coefficient (Wildman–Crippen LogP) is 2.67. The van der Waals surface area contributed by atoms with E-state index in [-0.39, 0.29) is 12.5 Å². The van der Waals surface area contributed by atoms with Crippen LogP contribution in [0.1, 0.15) is 29.7 Å². The molecule has 0 saturated carbocycles. The van der Waals surface area contributed by atoms with Crippen molar-refractivity contribution in [2.45, 2.75) is 26.5 Å². The second-order valence-corrected chi connectivity index (χ2v) is 6.02. The summed E-state index contributed by atoms with van der Waals surface area (Å²) >= 11 is 0. The van der Waals surface area contributed by atoms with Crippen LogP contribution in [0.5, 0.6) is 0 Å². The number of aliphatic hydroxyl groups excluding tert-OH is 1. The molecular formula is C20H26N2O2. The Morgan fingerprint density at radius 3 is 2.42 bits per heavy atom. The summed E-state index contributed by atoms with van der Waals surface area (Å²) in [6, 6.07) is 17.7. The lowest BCUT2D eigenvalue weighted by atomic mass is 10.1. The van der Waals surface area contributed by atoms with Gasteiger partial charge in [0.05, 0.1) is 12.6 Å². The molecule has 0 heterocycles. The van der Waals surface area contributed by atoms with Gasteiger partial charge in [-0.05, 0) is 24.6 Å². The van der Waals surface area contributed by atoms with Crippen LogP contribution in [0, 0.1) is 6.92 Å². The topological polar surface area (TPSA) is 52.6 Å². The average Bonchev–Trinajstić information content (AvgIpc) is 2.60. The molecule has 0 radical (unpaired) electrons. The van der Waals surface area contributed by atoms with Gasteiger partial charge in [-0.3, -0.25) is 9.69 Å². The lowest BCUT2D eigenvalue weighted by Gasteiger charge is -2.23. The molecule has 1 unspecified atom stereocenters. The van der Waals surface area contributed by atoms with Gasteiger partial charge in [0.25, 0.3) is 0 Å². The first-order valence-electron chi connectivity index (χ1n) is 8.36. The van der Waals surface area contributed by atoms with Crippen LogP contribution in [0.15, 0.2) is 54.6 Å². The van der Waals surface area contributed by atoms with Crippen LogP contribution in [0.4, 0.5) is 0 Å². The molecule has 4 nitrogen and oxygen atoms in total. The Kier molecular flexibility index (Phi) is 6.97. The third-order valence-corrected chi connectivity index (χ3v) is 4.04. The zero-order chi connectivity index (χ0) is 17.4. The van der Waals surface area contributed by atoms with Crippen LogP contribution in [0.25, 0.3) is 0 Å². The van der Waals surface area contributed by atoms with Crippen molar-refractivity contribution < 1.29 is 9.90 Å². The van der Waals surface area contributed by atoms with Crippen molar-refractivity contribution in [2.24, 2.45) is 0 Å². The number of nitrogens with zero attached hydrogens (tertiary/aromatic N) is 1. The summed E-state index contributed by atoms with van der Waals surface area (Å²) in [7, 11) is 0. The minimum Gasteiger partial charge on any atom is -0.387 e. The normalized spacial score (nSPS) is 12.2. The summed E-state index contributed by atoms with van der Waals surface area (Å²) in [6.07, 6.45) is -0.590. The molecule has 0 aromatic heterocycles. The summed E-state index contributed by atoms with van der Waals surface area (Å²) in [5, 5.41) is 13.3. The largest absolute Gasteiger partial charge is 0.387 e. The molecule has 1 atom stereocenters. The molecule has 0 saturated heterocycles. The van der Waals surface area contributed by atoms with Gasteiger partial charge in [-0.2, -0.15) is 0 Å². The number of rotatable bonds is 8. The highest BCUT2D eigenvalue weighted by Gasteiger charge is 2.15. The number of hydrogen-bond acceptors (Lipinski definition) is 3. The van der Waals surface area contributed by atoms with E-state index in [0.29, 0.717) is 19.6 Å². The minimum absolute atomic E-state index is 0.0307. The van der Waals surface area contributed by atoms with Gasteiger partial charge in [-0.1, -0.05) is 67.1 Å². The quantitative estimate of drug-likeness (QED) is 0.784. The maximum Gasteiger partial charge on any atom is 0.234 e. The Balaban J connectivity index is 1.82. The molecule has 2 N–H and O–H groups in total. The third-order valence-electron chi connectivity index (χ3n) is 4.04. The second kappa shape index (κ2) is 9.21. The lowest BCUT2D eigenvalue weighted by molar-refractivity contribution is -0.122. The molecule has 0 fully saturated rings. The molecule has 0 aliphatic heterocycles. The van der Waals surface area contributed by atoms with E-state index in [1.807, 2.05) is 73.3 Å². The Hall–Kier alpha value is -2.17. The van der Waals surface area contributed by atoms with Crippen LogP contribution in [0.2, 0.25) is 0 Å². The number of amides is 1. The molecule has 2 aromatic carbocycles. The van der Waals surface area contributed by atoms with Gasteiger partial charge >= 0.3 is 0 Å². The predicted molar refractivity (Wildman–Crippen MR) is 96.5 cm³/mol. The molecule has 0 aliphatic carbocycles. The number of nitrogens with one attached hydrogen (secondary N) is 1. The monoisotopic (exact) mass is 326 g/mol. The molecule has 2 aromatic rings. The highest BCUT2D eigenvalue weighted by molar-refractivity contribution is 5.78. The Morgan fingerprint density at radius 1 is 1.12 bits per heavy atom. The zero-order valence-corrected chi connectivity index (χ0v) is 14.4. The van der Waals surface area contributed by atoms with Crippen molar-refractivity contribution in [3.05, 3.63) is 71.3 Å². The van der Waals surface area contributed by atoms with E-state index in [1.165, 1.54) is 5.56 Å². The molecule has 0 bridgehead atoms. The number of carbonyl (C=O) groups excluding carboxylic acids is 1. The van der Waals surface area contributed by atoms with E-state index in [0.717, 1.165) is 11.1 Å². The number of aryl methyl sites for hydroxylation is 1. The fraction of sp³-hybridized carbons (Fsp3) is 0.350. The first-order valence-corrected chi connectivity index (χ1v) is 8.36. The van der Waals surface area contributed by atoms with E-state index < -0.39 is 6.10 Å². The van der Waals surface area contributed by atoms with Crippen LogP contribution < -0.4 is 5.32 Å². The number of hydrogen-bond donors (Lipinski definition) is 2.